The van der Waals surface area contributed by atoms with E-state index >= 15 is 0 Å². The van der Waals surface area contributed by atoms with Crippen LogP contribution in [0.3, 0.4) is 0 Å². The van der Waals surface area contributed by atoms with Gasteiger partial charge in [-0.3, -0.25) is 9.59 Å². The molecule has 1 aliphatic heterocycles. The third-order valence-corrected chi connectivity index (χ3v) is 5.43. The second-order valence-electron chi connectivity index (χ2n) is 7.28. The number of hydrogen-bond donors (Lipinski definition) is 2. The summed E-state index contributed by atoms with van der Waals surface area (Å²) >= 11 is 0. The molecule has 1 saturated carbocycles. The Balaban J connectivity index is 1.38. The van der Waals surface area contributed by atoms with E-state index in [4.69, 9.17) is 5.73 Å². The van der Waals surface area contributed by atoms with Gasteiger partial charge < -0.3 is 20.9 Å². The van der Waals surface area contributed by atoms with Crippen LogP contribution in [-0.2, 0) is 9.59 Å². The van der Waals surface area contributed by atoms with E-state index in [1.54, 1.807) is 6.20 Å². The van der Waals surface area contributed by atoms with E-state index in [1.807, 2.05) is 23.1 Å². The maximum absolute atomic E-state index is 12.4. The van der Waals surface area contributed by atoms with Gasteiger partial charge in [0.15, 0.2) is 0 Å². The Morgan fingerprint density at radius 2 is 1.85 bits per heavy atom. The van der Waals surface area contributed by atoms with Gasteiger partial charge in [0.05, 0.1) is 5.54 Å². The molecule has 7 heteroatoms. The van der Waals surface area contributed by atoms with E-state index in [-0.39, 0.29) is 11.8 Å². The molecule has 2 heterocycles. The van der Waals surface area contributed by atoms with Crippen molar-refractivity contribution in [1.29, 1.82) is 0 Å². The fourth-order valence-electron chi connectivity index (χ4n) is 3.75. The molecule has 0 unspecified atom stereocenters. The van der Waals surface area contributed by atoms with Gasteiger partial charge >= 0.3 is 0 Å². The third-order valence-electron chi connectivity index (χ3n) is 5.43. The summed E-state index contributed by atoms with van der Waals surface area (Å²) in [5, 5.41) is 2.87. The van der Waals surface area contributed by atoms with Crippen LogP contribution >= 0.6 is 0 Å². The Morgan fingerprint density at radius 3 is 2.50 bits per heavy atom. The third kappa shape index (κ3) is 4.52. The summed E-state index contributed by atoms with van der Waals surface area (Å²) < 4.78 is 0. The lowest BCUT2D eigenvalue weighted by Gasteiger charge is -2.35. The number of pyridine rings is 1. The van der Waals surface area contributed by atoms with Gasteiger partial charge in [-0.05, 0) is 25.0 Å². The van der Waals surface area contributed by atoms with Crippen LogP contribution in [0.1, 0.15) is 38.5 Å². The lowest BCUT2D eigenvalue weighted by Crippen LogP contribution is -2.55. The molecule has 0 radical (unpaired) electrons. The first-order valence-electron chi connectivity index (χ1n) is 9.59. The van der Waals surface area contributed by atoms with Crippen molar-refractivity contribution < 1.29 is 9.59 Å². The molecular weight excluding hydrogens is 330 g/mol. The zero-order valence-electron chi connectivity index (χ0n) is 15.3. The molecule has 1 saturated heterocycles. The number of nitrogens with zero attached hydrogens (tertiary/aromatic N) is 3. The van der Waals surface area contributed by atoms with Gasteiger partial charge in [0, 0.05) is 45.3 Å². The highest BCUT2D eigenvalue weighted by atomic mass is 16.2. The van der Waals surface area contributed by atoms with Gasteiger partial charge in [0.1, 0.15) is 5.82 Å². The summed E-state index contributed by atoms with van der Waals surface area (Å²) in [4.78, 5) is 33.1. The summed E-state index contributed by atoms with van der Waals surface area (Å²) in [6.45, 7) is 3.29. The number of carbonyl (C=O) groups is 2. The van der Waals surface area contributed by atoms with Gasteiger partial charge in [-0.2, -0.15) is 0 Å². The average molecular weight is 359 g/mol. The van der Waals surface area contributed by atoms with Crippen molar-refractivity contribution in [2.75, 3.05) is 37.6 Å². The Labute approximate surface area is 154 Å². The topological polar surface area (TPSA) is 91.6 Å². The molecule has 3 N–H and O–H groups in total. The van der Waals surface area contributed by atoms with Crippen LogP contribution in [0.25, 0.3) is 0 Å². The van der Waals surface area contributed by atoms with Gasteiger partial charge in [-0.1, -0.05) is 25.3 Å². The monoisotopic (exact) mass is 359 g/mol. The van der Waals surface area contributed by atoms with Crippen molar-refractivity contribution in [1.82, 2.24) is 15.2 Å². The van der Waals surface area contributed by atoms with Gasteiger partial charge in [0.2, 0.25) is 11.8 Å². The van der Waals surface area contributed by atoms with E-state index in [9.17, 15) is 9.59 Å². The Bertz CT molecular complexity index is 608. The smallest absolute Gasteiger partial charge is 0.240 e. The van der Waals surface area contributed by atoms with Crippen molar-refractivity contribution in [2.24, 2.45) is 5.73 Å². The molecule has 7 nitrogen and oxygen atoms in total. The molecule has 3 rings (SSSR count). The second-order valence-corrected chi connectivity index (χ2v) is 7.28. The number of anilines is 1. The highest BCUT2D eigenvalue weighted by Crippen LogP contribution is 2.25. The first-order chi connectivity index (χ1) is 12.6. The van der Waals surface area contributed by atoms with E-state index in [0.29, 0.717) is 26.1 Å². The number of piperazine rings is 1. The number of aromatic nitrogens is 1. The van der Waals surface area contributed by atoms with Crippen LogP contribution in [-0.4, -0.2) is 60.0 Å². The lowest BCUT2D eigenvalue weighted by molar-refractivity contribution is -0.131. The molecule has 2 amide bonds. The van der Waals surface area contributed by atoms with Crippen molar-refractivity contribution in [3.05, 3.63) is 24.4 Å². The molecule has 1 aromatic heterocycles. The largest absolute Gasteiger partial charge is 0.354 e. The molecule has 0 spiro atoms. The zero-order valence-corrected chi connectivity index (χ0v) is 15.3. The molecule has 26 heavy (non-hydrogen) atoms. The van der Waals surface area contributed by atoms with Gasteiger partial charge in [-0.25, -0.2) is 4.98 Å². The van der Waals surface area contributed by atoms with Crippen LogP contribution in [0, 0.1) is 0 Å². The van der Waals surface area contributed by atoms with Crippen molar-refractivity contribution in [3.8, 4) is 0 Å². The summed E-state index contributed by atoms with van der Waals surface area (Å²) in [6, 6.07) is 5.86. The maximum Gasteiger partial charge on any atom is 0.240 e. The highest BCUT2D eigenvalue weighted by molar-refractivity contribution is 5.86. The number of carbonyl (C=O) groups excluding carboxylic acids is 2. The molecule has 0 aromatic carbocycles. The number of hydrogen-bond acceptors (Lipinski definition) is 5. The van der Waals surface area contributed by atoms with E-state index in [2.05, 4.69) is 15.2 Å². The summed E-state index contributed by atoms with van der Waals surface area (Å²) in [5.74, 6) is 0.929. The number of nitrogens with two attached hydrogens (primary N) is 1. The summed E-state index contributed by atoms with van der Waals surface area (Å²) in [6.07, 6.45) is 6.74. The van der Waals surface area contributed by atoms with Crippen LogP contribution in [0.5, 0.6) is 0 Å². The minimum absolute atomic E-state index is 0.0840. The molecule has 2 aliphatic rings. The average Bonchev–Trinajstić information content (AvgIpc) is 2.69. The maximum atomic E-state index is 12.4. The Morgan fingerprint density at radius 1 is 1.12 bits per heavy atom. The molecule has 1 aromatic rings. The molecule has 0 bridgehead atoms. The van der Waals surface area contributed by atoms with Crippen LogP contribution in [0.4, 0.5) is 5.82 Å². The SMILES string of the molecule is NC1(C(=O)NCCC(=O)N2CCN(c3ccccn3)CC2)CCCCC1. The predicted octanol–water partition coefficient (Wildman–Crippen LogP) is 0.898. The summed E-state index contributed by atoms with van der Waals surface area (Å²) in [5.41, 5.74) is 5.47. The molecule has 142 valence electrons. The minimum atomic E-state index is -0.740. The van der Waals surface area contributed by atoms with Crippen molar-refractivity contribution in [3.63, 3.8) is 0 Å². The lowest BCUT2D eigenvalue weighted by atomic mass is 9.82. The number of amides is 2. The van der Waals surface area contributed by atoms with Crippen molar-refractivity contribution in [2.45, 2.75) is 44.1 Å². The fourth-order valence-corrected chi connectivity index (χ4v) is 3.75. The predicted molar refractivity (Wildman–Crippen MR) is 101 cm³/mol. The van der Waals surface area contributed by atoms with Crippen LogP contribution in [0.15, 0.2) is 24.4 Å². The molecule has 1 aliphatic carbocycles. The highest BCUT2D eigenvalue weighted by Gasteiger charge is 2.35. The number of rotatable bonds is 5. The first kappa shape index (κ1) is 18.6. The van der Waals surface area contributed by atoms with E-state index in [0.717, 1.165) is 51.0 Å². The quantitative estimate of drug-likeness (QED) is 0.815. The zero-order chi connectivity index (χ0) is 18.4. The van der Waals surface area contributed by atoms with Gasteiger partial charge in [0.25, 0.3) is 0 Å². The molecular formula is C19H29N5O2. The second kappa shape index (κ2) is 8.49. The minimum Gasteiger partial charge on any atom is -0.354 e. The van der Waals surface area contributed by atoms with Gasteiger partial charge in [-0.15, -0.1) is 0 Å². The molecule has 2 fully saturated rings. The van der Waals surface area contributed by atoms with E-state index < -0.39 is 5.54 Å². The van der Waals surface area contributed by atoms with Crippen LogP contribution < -0.4 is 16.0 Å². The first-order valence-corrected chi connectivity index (χ1v) is 9.59. The van der Waals surface area contributed by atoms with Crippen LogP contribution in [0.2, 0.25) is 0 Å². The fraction of sp³-hybridized carbons (Fsp3) is 0.632. The normalized spacial score (nSPS) is 19.9. The Hall–Kier alpha value is -2.15. The number of nitrogens with one attached hydrogen (secondary N) is 1. The molecule has 0 atom stereocenters. The standard InChI is InChI=1S/C19H29N5O2/c20-19(8-3-1-4-9-19)18(26)22-11-7-17(25)24-14-12-23(13-15-24)16-6-2-5-10-21-16/h2,5-6,10H,1,3-4,7-9,11-15,20H2,(H,22,26). The van der Waals surface area contributed by atoms with Crippen molar-refractivity contribution >= 4 is 17.6 Å². The summed E-state index contributed by atoms with van der Waals surface area (Å²) in [7, 11) is 0. The Kier molecular flexibility index (Phi) is 6.08. The van der Waals surface area contributed by atoms with E-state index in [1.165, 1.54) is 0 Å².